The molecular formula is C17H25NO5S. The van der Waals surface area contributed by atoms with Gasteiger partial charge in [0.1, 0.15) is 0 Å². The summed E-state index contributed by atoms with van der Waals surface area (Å²) in [7, 11) is -3.03. The summed E-state index contributed by atoms with van der Waals surface area (Å²) in [5.41, 5.74) is 1.03. The first-order valence-electron chi connectivity index (χ1n) is 8.31. The highest BCUT2D eigenvalue weighted by Gasteiger charge is 2.32. The van der Waals surface area contributed by atoms with Crippen molar-refractivity contribution in [2.24, 2.45) is 5.92 Å². The number of carbonyl (C=O) groups is 1. The molecule has 6 nitrogen and oxygen atoms in total. The van der Waals surface area contributed by atoms with Gasteiger partial charge in [0.15, 0.2) is 21.3 Å². The number of carbonyl (C=O) groups excluding carboxylic acids is 1. The van der Waals surface area contributed by atoms with E-state index in [4.69, 9.17) is 9.47 Å². The van der Waals surface area contributed by atoms with E-state index in [0.717, 1.165) is 5.56 Å². The van der Waals surface area contributed by atoms with Crippen LogP contribution in [0.25, 0.3) is 0 Å². The molecule has 2 rings (SSSR count). The average molecular weight is 355 g/mol. The van der Waals surface area contributed by atoms with Gasteiger partial charge in [-0.2, -0.15) is 0 Å². The summed E-state index contributed by atoms with van der Waals surface area (Å²) in [5, 5.41) is 2.83. The van der Waals surface area contributed by atoms with Crippen molar-refractivity contribution in [3.05, 3.63) is 23.8 Å². The molecule has 1 fully saturated rings. The number of sulfone groups is 1. The zero-order valence-corrected chi connectivity index (χ0v) is 15.0. The summed E-state index contributed by atoms with van der Waals surface area (Å²) < 4.78 is 33.9. The van der Waals surface area contributed by atoms with E-state index >= 15 is 0 Å². The normalized spacial score (nSPS) is 19.0. The Kier molecular flexibility index (Phi) is 6.48. The second-order valence-electron chi connectivity index (χ2n) is 5.79. The van der Waals surface area contributed by atoms with E-state index in [0.29, 0.717) is 44.1 Å². The molecule has 0 unspecified atom stereocenters. The van der Waals surface area contributed by atoms with E-state index in [1.54, 1.807) is 0 Å². The quantitative estimate of drug-likeness (QED) is 0.766. The molecule has 1 N–H and O–H groups in total. The van der Waals surface area contributed by atoms with Gasteiger partial charge >= 0.3 is 0 Å². The third kappa shape index (κ3) is 5.12. The largest absolute Gasteiger partial charge is 0.490 e. The molecule has 0 spiro atoms. The standard InChI is InChI=1S/C17H25NO5S/c1-3-22-15-6-5-13(11-16(15)23-4-2)7-9-18-17(19)14-8-10-24(20,21)12-14/h5-6,11,14H,3-4,7-10,12H2,1-2H3,(H,18,19)/t14-/m1/s1. The van der Waals surface area contributed by atoms with Crippen LogP contribution in [-0.4, -0.2) is 45.6 Å². The van der Waals surface area contributed by atoms with Crippen molar-refractivity contribution in [1.29, 1.82) is 0 Å². The lowest BCUT2D eigenvalue weighted by molar-refractivity contribution is -0.124. The fraction of sp³-hybridized carbons (Fsp3) is 0.588. The minimum atomic E-state index is -3.03. The van der Waals surface area contributed by atoms with Gasteiger partial charge < -0.3 is 14.8 Å². The molecule has 0 bridgehead atoms. The van der Waals surface area contributed by atoms with Crippen molar-refractivity contribution in [1.82, 2.24) is 5.32 Å². The zero-order chi connectivity index (χ0) is 17.6. The van der Waals surface area contributed by atoms with Crippen LogP contribution in [-0.2, 0) is 21.1 Å². The van der Waals surface area contributed by atoms with Gasteiger partial charge in [-0.3, -0.25) is 4.79 Å². The SMILES string of the molecule is CCOc1ccc(CCNC(=O)[C@@H]2CCS(=O)(=O)C2)cc1OCC. The maximum Gasteiger partial charge on any atom is 0.224 e. The second kappa shape index (κ2) is 8.37. The van der Waals surface area contributed by atoms with Crippen LogP contribution in [0.3, 0.4) is 0 Å². The van der Waals surface area contributed by atoms with E-state index < -0.39 is 15.8 Å². The molecule has 134 valence electrons. The highest BCUT2D eigenvalue weighted by atomic mass is 32.2. The summed E-state index contributed by atoms with van der Waals surface area (Å²) in [4.78, 5) is 12.0. The van der Waals surface area contributed by atoms with Crippen molar-refractivity contribution in [2.75, 3.05) is 31.3 Å². The molecule has 0 saturated carbocycles. The molecule has 7 heteroatoms. The highest BCUT2D eigenvalue weighted by Crippen LogP contribution is 2.28. The molecule has 1 aliphatic rings. The summed E-state index contributed by atoms with van der Waals surface area (Å²) in [6.45, 7) is 5.42. The Labute approximate surface area is 143 Å². The van der Waals surface area contributed by atoms with Crippen LogP contribution < -0.4 is 14.8 Å². The molecule has 24 heavy (non-hydrogen) atoms. The predicted molar refractivity (Wildman–Crippen MR) is 92.3 cm³/mol. The van der Waals surface area contributed by atoms with Crippen LogP contribution in [0.15, 0.2) is 18.2 Å². The minimum absolute atomic E-state index is 0.0314. The molecule has 1 aromatic rings. The Morgan fingerprint density at radius 2 is 1.92 bits per heavy atom. The maximum absolute atomic E-state index is 12.0. The minimum Gasteiger partial charge on any atom is -0.490 e. The van der Waals surface area contributed by atoms with Crippen LogP contribution in [0.2, 0.25) is 0 Å². The van der Waals surface area contributed by atoms with Gasteiger partial charge in [0.25, 0.3) is 0 Å². The van der Waals surface area contributed by atoms with E-state index in [-0.39, 0.29) is 17.4 Å². The molecule has 1 aliphatic heterocycles. The molecule has 1 atom stereocenters. The Morgan fingerprint density at radius 1 is 1.21 bits per heavy atom. The van der Waals surface area contributed by atoms with Crippen LogP contribution in [0.4, 0.5) is 0 Å². The monoisotopic (exact) mass is 355 g/mol. The van der Waals surface area contributed by atoms with Crippen molar-refractivity contribution in [3.8, 4) is 11.5 Å². The van der Waals surface area contributed by atoms with Gasteiger partial charge in [0, 0.05) is 6.54 Å². The molecule has 1 amide bonds. The lowest BCUT2D eigenvalue weighted by Crippen LogP contribution is -2.32. The summed E-state index contributed by atoms with van der Waals surface area (Å²) >= 11 is 0. The Balaban J connectivity index is 1.87. The van der Waals surface area contributed by atoms with E-state index in [2.05, 4.69) is 5.32 Å². The van der Waals surface area contributed by atoms with Crippen molar-refractivity contribution in [3.63, 3.8) is 0 Å². The van der Waals surface area contributed by atoms with Gasteiger partial charge in [0.2, 0.25) is 5.91 Å². The van der Waals surface area contributed by atoms with Crippen LogP contribution in [0.5, 0.6) is 11.5 Å². The van der Waals surface area contributed by atoms with Crippen molar-refractivity contribution < 1.29 is 22.7 Å². The smallest absolute Gasteiger partial charge is 0.224 e. The third-order valence-corrected chi connectivity index (χ3v) is 5.69. The Morgan fingerprint density at radius 3 is 2.54 bits per heavy atom. The molecule has 1 saturated heterocycles. The van der Waals surface area contributed by atoms with E-state index in [1.165, 1.54) is 0 Å². The predicted octanol–water partition coefficient (Wildman–Crippen LogP) is 1.58. The zero-order valence-electron chi connectivity index (χ0n) is 14.2. The van der Waals surface area contributed by atoms with Crippen LogP contribution >= 0.6 is 0 Å². The molecule has 0 aromatic heterocycles. The lowest BCUT2D eigenvalue weighted by Gasteiger charge is -2.13. The number of benzene rings is 1. The van der Waals surface area contributed by atoms with Gasteiger partial charge in [-0.15, -0.1) is 0 Å². The fourth-order valence-corrected chi connectivity index (χ4v) is 4.47. The number of ether oxygens (including phenoxy) is 2. The van der Waals surface area contributed by atoms with E-state index in [1.807, 2.05) is 32.0 Å². The van der Waals surface area contributed by atoms with Crippen molar-refractivity contribution >= 4 is 15.7 Å². The first kappa shape index (κ1) is 18.6. The number of amides is 1. The number of rotatable bonds is 8. The second-order valence-corrected chi connectivity index (χ2v) is 8.02. The van der Waals surface area contributed by atoms with Crippen molar-refractivity contribution in [2.45, 2.75) is 26.7 Å². The molecular weight excluding hydrogens is 330 g/mol. The molecule has 0 aliphatic carbocycles. The summed E-state index contributed by atoms with van der Waals surface area (Å²) in [6.07, 6.45) is 1.07. The molecule has 1 aromatic carbocycles. The first-order valence-corrected chi connectivity index (χ1v) is 10.1. The highest BCUT2D eigenvalue weighted by molar-refractivity contribution is 7.91. The van der Waals surface area contributed by atoms with Gasteiger partial charge in [-0.05, 0) is 44.4 Å². The van der Waals surface area contributed by atoms with Gasteiger partial charge in [-0.25, -0.2) is 8.42 Å². The maximum atomic E-state index is 12.0. The number of hydrogen-bond donors (Lipinski definition) is 1. The summed E-state index contributed by atoms with van der Waals surface area (Å²) in [5.74, 6) is 0.910. The molecule has 1 heterocycles. The first-order chi connectivity index (χ1) is 11.4. The van der Waals surface area contributed by atoms with E-state index in [9.17, 15) is 13.2 Å². The number of nitrogens with one attached hydrogen (secondary N) is 1. The topological polar surface area (TPSA) is 81.7 Å². The Hall–Kier alpha value is -1.76. The van der Waals surface area contributed by atoms with Gasteiger partial charge in [-0.1, -0.05) is 6.07 Å². The number of hydrogen-bond acceptors (Lipinski definition) is 5. The molecule has 0 radical (unpaired) electrons. The lowest BCUT2D eigenvalue weighted by atomic mass is 10.1. The third-order valence-electron chi connectivity index (χ3n) is 3.92. The van der Waals surface area contributed by atoms with Crippen LogP contribution in [0.1, 0.15) is 25.8 Å². The summed E-state index contributed by atoms with van der Waals surface area (Å²) in [6, 6.07) is 5.73. The van der Waals surface area contributed by atoms with Crippen LogP contribution in [0, 0.1) is 5.92 Å². The van der Waals surface area contributed by atoms with Gasteiger partial charge in [0.05, 0.1) is 30.6 Å². The average Bonchev–Trinajstić information content (AvgIpc) is 2.90. The fourth-order valence-electron chi connectivity index (χ4n) is 2.73. The Bertz CT molecular complexity index is 672.